The normalized spacial score (nSPS) is 12.1. The van der Waals surface area contributed by atoms with Crippen LogP contribution in [0.25, 0.3) is 10.8 Å². The number of aromatic hydroxyl groups is 1. The van der Waals surface area contributed by atoms with E-state index in [1.807, 2.05) is 0 Å². The van der Waals surface area contributed by atoms with Crippen LogP contribution in [0.2, 0.25) is 0 Å². The average Bonchev–Trinajstić information content (AvgIpc) is 2.76. The summed E-state index contributed by atoms with van der Waals surface area (Å²) in [5.74, 6) is -0.333. The number of azo groups is 1. The van der Waals surface area contributed by atoms with Gasteiger partial charge in [-0.2, -0.15) is 8.42 Å². The molecule has 0 heterocycles. The Balaban J connectivity index is 2.22. The fourth-order valence-electron chi connectivity index (χ4n) is 2.72. The number of anilines is 2. The summed E-state index contributed by atoms with van der Waals surface area (Å²) in [7, 11) is -4.69. The van der Waals surface area contributed by atoms with E-state index in [1.165, 1.54) is 30.3 Å². The molecule has 17 heteroatoms. The molecule has 33 heavy (non-hydrogen) atoms. The van der Waals surface area contributed by atoms with Gasteiger partial charge in [-0.3, -0.25) is 4.55 Å². The second-order valence-corrected chi connectivity index (χ2v) is 8.94. The summed E-state index contributed by atoms with van der Waals surface area (Å²) in [6.07, 6.45) is 0. The number of nitrogens with zero attached hydrogens (tertiary/aromatic N) is 2. The van der Waals surface area contributed by atoms with E-state index in [9.17, 15) is 18.1 Å². The molecule has 0 bridgehead atoms. The van der Waals surface area contributed by atoms with Crippen molar-refractivity contribution < 1.29 is 47.3 Å². The van der Waals surface area contributed by atoms with Crippen LogP contribution < -0.4 is 11.5 Å². The molecule has 0 aliphatic heterocycles. The van der Waals surface area contributed by atoms with Crippen molar-refractivity contribution in [1.29, 1.82) is 0 Å². The van der Waals surface area contributed by atoms with E-state index in [0.29, 0.717) is 34.4 Å². The minimum absolute atomic E-state index is 0.0582. The van der Waals surface area contributed by atoms with Gasteiger partial charge in [0.15, 0.2) is 0 Å². The molecule has 3 aromatic rings. The van der Waals surface area contributed by atoms with Gasteiger partial charge < -0.3 is 16.6 Å². The molecule has 8 N–H and O–H groups in total. The molecular weight excluding hydrogens is 504 g/mol. The first-order valence-electron chi connectivity index (χ1n) is 8.33. The summed E-state index contributed by atoms with van der Waals surface area (Å²) in [5, 5.41) is 42.7. The van der Waals surface area contributed by atoms with Crippen molar-refractivity contribution in [2.75, 3.05) is 11.5 Å². The van der Waals surface area contributed by atoms with Gasteiger partial charge in [0.05, 0.1) is 40.1 Å². The molecule has 0 spiro atoms. The monoisotopic (exact) mass is 518 g/mol. The quantitative estimate of drug-likeness (QED) is 0.0581. The number of hydrogen-bond donors (Lipinski definition) is 6. The third kappa shape index (κ3) is 5.81. The van der Waals surface area contributed by atoms with Crippen molar-refractivity contribution in [2.24, 2.45) is 10.2 Å². The zero-order valence-corrected chi connectivity index (χ0v) is 18.4. The van der Waals surface area contributed by atoms with E-state index >= 15 is 0 Å². The van der Waals surface area contributed by atoms with Crippen molar-refractivity contribution in [3.05, 3.63) is 36.4 Å². The summed E-state index contributed by atoms with van der Waals surface area (Å²) >= 11 is 1.07. The van der Waals surface area contributed by atoms with E-state index in [2.05, 4.69) is 29.0 Å². The minimum Gasteiger partial charge on any atom is -0.507 e. The minimum atomic E-state index is -4.69. The average molecular weight is 519 g/mol. The number of phenols is 1. The van der Waals surface area contributed by atoms with E-state index < -0.39 is 15.0 Å². The molecule has 0 aromatic heterocycles. The fraction of sp³-hybridized carbons (Fsp3) is 0. The zero-order chi connectivity index (χ0) is 24.2. The molecule has 0 saturated heterocycles. The first-order chi connectivity index (χ1) is 15.7. The van der Waals surface area contributed by atoms with Crippen LogP contribution in [0, 0.1) is 0 Å². The highest BCUT2D eigenvalue weighted by Gasteiger charge is 2.19. The largest absolute Gasteiger partial charge is 0.507 e. The van der Waals surface area contributed by atoms with Gasteiger partial charge in [0.1, 0.15) is 22.0 Å². The molecule has 0 amide bonds. The van der Waals surface area contributed by atoms with Crippen molar-refractivity contribution in [3.63, 3.8) is 0 Å². The van der Waals surface area contributed by atoms with Gasteiger partial charge in [-0.15, -0.1) is 18.9 Å². The predicted molar refractivity (Wildman–Crippen MR) is 116 cm³/mol. The third-order valence-corrected chi connectivity index (χ3v) is 6.09. The van der Waals surface area contributed by atoms with E-state index in [0.717, 1.165) is 6.07 Å². The number of benzene rings is 3. The summed E-state index contributed by atoms with van der Waals surface area (Å²) < 4.78 is 41.6. The Labute approximate surface area is 193 Å². The lowest BCUT2D eigenvalue weighted by atomic mass is 10.1. The van der Waals surface area contributed by atoms with Gasteiger partial charge in [-0.05, 0) is 41.8 Å². The molecule has 0 atom stereocenters. The molecule has 0 saturated carbocycles. The lowest BCUT2D eigenvalue weighted by Crippen LogP contribution is -1.99. The molecule has 3 rings (SSSR count). The van der Waals surface area contributed by atoms with Gasteiger partial charge in [0.25, 0.3) is 10.1 Å². The van der Waals surface area contributed by atoms with Crippen molar-refractivity contribution in [1.82, 2.24) is 0 Å². The Morgan fingerprint density at radius 2 is 1.64 bits per heavy atom. The van der Waals surface area contributed by atoms with Gasteiger partial charge in [0.2, 0.25) is 0 Å². The Morgan fingerprint density at radius 1 is 0.939 bits per heavy atom. The van der Waals surface area contributed by atoms with Crippen LogP contribution >= 0.6 is 24.1 Å². The maximum absolute atomic E-state index is 11.7. The SMILES string of the molecule is Nc1ccc(N=Nc2c(N)c(SOOO)cc3cc(SOOO)cc(O)c23)c(S(=O)(=O)O)c1. The Kier molecular flexibility index (Phi) is 7.92. The molecule has 3 aromatic carbocycles. The number of hydrogen-bond acceptors (Lipinski definition) is 15. The standard InChI is InChI=1S/C16H14N4O10S3/c17-8-1-2-10(13(5-8)33(24,25)26)19-20-16-14-7(4-12(15(16)18)32-30-28-23)3-9(6-11(14)21)31-29-27-22/h1-6,21-23H,17-18H2,(H,24,25,26). The van der Waals surface area contributed by atoms with Gasteiger partial charge in [0, 0.05) is 10.6 Å². The summed E-state index contributed by atoms with van der Waals surface area (Å²) in [5.41, 5.74) is 11.3. The second-order valence-electron chi connectivity index (χ2n) is 6.03. The van der Waals surface area contributed by atoms with Crippen LogP contribution in [0.1, 0.15) is 0 Å². The van der Waals surface area contributed by atoms with Crippen LogP contribution in [0.4, 0.5) is 22.7 Å². The molecule has 0 aliphatic carbocycles. The molecule has 176 valence electrons. The van der Waals surface area contributed by atoms with E-state index in [1.54, 1.807) is 0 Å². The Hall–Kier alpha value is -2.71. The first-order valence-corrected chi connectivity index (χ1v) is 11.3. The molecule has 14 nitrogen and oxygen atoms in total. The van der Waals surface area contributed by atoms with Crippen molar-refractivity contribution in [2.45, 2.75) is 14.7 Å². The Bertz CT molecular complexity index is 1320. The van der Waals surface area contributed by atoms with Crippen molar-refractivity contribution in [3.8, 4) is 5.75 Å². The van der Waals surface area contributed by atoms with E-state index in [-0.39, 0.29) is 38.8 Å². The van der Waals surface area contributed by atoms with Crippen LogP contribution in [-0.4, -0.2) is 28.6 Å². The number of fused-ring (bicyclic) bond motifs is 1. The zero-order valence-electron chi connectivity index (χ0n) is 16.0. The first kappa shape index (κ1) is 24.9. The number of nitrogen functional groups attached to an aromatic ring is 2. The molecule has 0 radical (unpaired) electrons. The van der Waals surface area contributed by atoms with E-state index in [4.69, 9.17) is 22.0 Å². The predicted octanol–water partition coefficient (Wildman–Crippen LogP) is 4.23. The van der Waals surface area contributed by atoms with Gasteiger partial charge in [-0.25, -0.2) is 10.5 Å². The smallest absolute Gasteiger partial charge is 0.296 e. The summed E-state index contributed by atoms with van der Waals surface area (Å²) in [4.78, 5) is -0.136. The van der Waals surface area contributed by atoms with Crippen LogP contribution in [0.5, 0.6) is 5.75 Å². The van der Waals surface area contributed by atoms with Crippen molar-refractivity contribution >= 4 is 67.7 Å². The Morgan fingerprint density at radius 3 is 2.30 bits per heavy atom. The van der Waals surface area contributed by atoms with Gasteiger partial charge >= 0.3 is 0 Å². The number of rotatable bonds is 9. The van der Waals surface area contributed by atoms with Crippen LogP contribution in [0.15, 0.2) is 61.3 Å². The third-order valence-electron chi connectivity index (χ3n) is 4.00. The fourth-order valence-corrected chi connectivity index (χ4v) is 4.28. The summed E-state index contributed by atoms with van der Waals surface area (Å²) in [6, 6.07) is 7.74. The highest BCUT2D eigenvalue weighted by molar-refractivity contribution is 7.95. The molecule has 0 unspecified atom stereocenters. The molecule has 0 aliphatic rings. The highest BCUT2D eigenvalue weighted by Crippen LogP contribution is 2.46. The number of phenolic OH excluding ortho intramolecular Hbond substituents is 1. The maximum Gasteiger partial charge on any atom is 0.296 e. The van der Waals surface area contributed by atoms with Crippen LogP contribution in [0.3, 0.4) is 0 Å². The summed E-state index contributed by atoms with van der Waals surface area (Å²) in [6.45, 7) is 0. The maximum atomic E-state index is 11.7. The van der Waals surface area contributed by atoms with Crippen LogP contribution in [-0.2, 0) is 28.9 Å². The second kappa shape index (κ2) is 10.5. The molecular formula is C16H14N4O10S3. The lowest BCUT2D eigenvalue weighted by Gasteiger charge is -2.12. The number of nitrogens with two attached hydrogens (primary N) is 2. The lowest BCUT2D eigenvalue weighted by molar-refractivity contribution is -0.432. The highest BCUT2D eigenvalue weighted by atomic mass is 32.2. The molecule has 0 fully saturated rings. The topological polar surface area (TPSA) is 229 Å². The van der Waals surface area contributed by atoms with Gasteiger partial charge in [-0.1, -0.05) is 10.1 Å².